The van der Waals surface area contributed by atoms with Gasteiger partial charge in [0.1, 0.15) is 11.7 Å². The fraction of sp³-hybridized carbons (Fsp3) is 0.414. The van der Waals surface area contributed by atoms with Gasteiger partial charge in [0.05, 0.1) is 0 Å². The molecule has 3 N–H and O–H groups in total. The van der Waals surface area contributed by atoms with Crippen molar-refractivity contribution in [1.82, 2.24) is 20.2 Å². The van der Waals surface area contributed by atoms with E-state index in [1.807, 2.05) is 55.6 Å². The van der Waals surface area contributed by atoms with Crippen LogP contribution in [0.5, 0.6) is 0 Å². The van der Waals surface area contributed by atoms with Crippen LogP contribution >= 0.6 is 0 Å². The maximum Gasteiger partial charge on any atom is 0.268 e. The SMILES string of the molecule is Cc1ccnc(C)c1-c1ccc(NC(=O)C(NC(=O)c2ccc3n2CCNC3)C2C[C@@H]3C[C@@H]3C2)cc1. The average molecular weight is 484 g/mol. The molecule has 2 unspecified atom stereocenters. The molecule has 2 saturated carbocycles. The Morgan fingerprint density at radius 1 is 1.03 bits per heavy atom. The van der Waals surface area contributed by atoms with Crippen molar-refractivity contribution in [3.05, 3.63) is 71.3 Å². The maximum absolute atomic E-state index is 13.5. The smallest absolute Gasteiger partial charge is 0.268 e. The number of aromatic nitrogens is 2. The van der Waals surface area contributed by atoms with Crippen molar-refractivity contribution in [2.24, 2.45) is 17.8 Å². The molecule has 2 aliphatic carbocycles. The van der Waals surface area contributed by atoms with Crippen LogP contribution in [0.4, 0.5) is 5.69 Å². The Kier molecular flexibility index (Phi) is 5.88. The Balaban J connectivity index is 1.20. The van der Waals surface area contributed by atoms with Crippen LogP contribution in [0, 0.1) is 31.6 Å². The van der Waals surface area contributed by atoms with Gasteiger partial charge in [0.15, 0.2) is 0 Å². The first kappa shape index (κ1) is 23.0. The normalized spacial score (nSPS) is 22.9. The monoisotopic (exact) mass is 483 g/mol. The van der Waals surface area contributed by atoms with Gasteiger partial charge in [0.25, 0.3) is 5.91 Å². The van der Waals surface area contributed by atoms with Crippen molar-refractivity contribution in [1.29, 1.82) is 0 Å². The van der Waals surface area contributed by atoms with Crippen LogP contribution in [-0.2, 0) is 17.9 Å². The molecule has 0 radical (unpaired) electrons. The number of hydrogen-bond donors (Lipinski definition) is 3. The third kappa shape index (κ3) is 4.32. The second kappa shape index (κ2) is 9.21. The maximum atomic E-state index is 13.5. The van der Waals surface area contributed by atoms with Gasteiger partial charge in [-0.15, -0.1) is 0 Å². The summed E-state index contributed by atoms with van der Waals surface area (Å²) in [4.78, 5) is 31.3. The van der Waals surface area contributed by atoms with E-state index in [9.17, 15) is 9.59 Å². The molecule has 0 bridgehead atoms. The first-order chi connectivity index (χ1) is 17.5. The number of carbonyl (C=O) groups is 2. The second-order valence-electron chi connectivity index (χ2n) is 10.6. The summed E-state index contributed by atoms with van der Waals surface area (Å²) < 4.78 is 2.06. The van der Waals surface area contributed by atoms with E-state index in [2.05, 4.69) is 32.4 Å². The molecule has 4 atom stereocenters. The summed E-state index contributed by atoms with van der Waals surface area (Å²) >= 11 is 0. The van der Waals surface area contributed by atoms with Gasteiger partial charge in [-0.3, -0.25) is 14.6 Å². The van der Waals surface area contributed by atoms with Crippen LogP contribution in [0.25, 0.3) is 11.1 Å². The molecule has 6 rings (SSSR count). The van der Waals surface area contributed by atoms with E-state index in [1.54, 1.807) is 0 Å². The predicted octanol–water partition coefficient (Wildman–Crippen LogP) is 4.05. The number of pyridine rings is 1. The van der Waals surface area contributed by atoms with Gasteiger partial charge in [0.2, 0.25) is 5.91 Å². The lowest BCUT2D eigenvalue weighted by molar-refractivity contribution is -0.119. The molecule has 2 fully saturated rings. The van der Waals surface area contributed by atoms with Gasteiger partial charge < -0.3 is 20.5 Å². The molecule has 186 valence electrons. The number of benzene rings is 1. The zero-order chi connectivity index (χ0) is 24.8. The van der Waals surface area contributed by atoms with E-state index in [0.717, 1.165) is 72.5 Å². The summed E-state index contributed by atoms with van der Waals surface area (Å²) in [6.07, 6.45) is 5.12. The average Bonchev–Trinajstić information content (AvgIpc) is 3.27. The zero-order valence-corrected chi connectivity index (χ0v) is 20.9. The summed E-state index contributed by atoms with van der Waals surface area (Å²) in [6.45, 7) is 6.45. The van der Waals surface area contributed by atoms with E-state index in [1.165, 1.54) is 12.0 Å². The molecule has 7 heteroatoms. The Labute approximate surface area is 211 Å². The van der Waals surface area contributed by atoms with Crippen LogP contribution in [0.15, 0.2) is 48.7 Å². The van der Waals surface area contributed by atoms with Crippen molar-refractivity contribution in [3.63, 3.8) is 0 Å². The highest BCUT2D eigenvalue weighted by atomic mass is 16.2. The summed E-state index contributed by atoms with van der Waals surface area (Å²) in [7, 11) is 0. The number of carbonyl (C=O) groups excluding carboxylic acids is 2. The van der Waals surface area contributed by atoms with Crippen molar-refractivity contribution in [2.45, 2.75) is 52.2 Å². The van der Waals surface area contributed by atoms with E-state index >= 15 is 0 Å². The summed E-state index contributed by atoms with van der Waals surface area (Å²) in [6, 6.07) is 13.2. The number of nitrogens with one attached hydrogen (secondary N) is 3. The van der Waals surface area contributed by atoms with Gasteiger partial charge in [0, 0.05) is 48.5 Å². The second-order valence-corrected chi connectivity index (χ2v) is 10.6. The minimum atomic E-state index is -0.541. The van der Waals surface area contributed by atoms with Gasteiger partial charge in [-0.25, -0.2) is 0 Å². The summed E-state index contributed by atoms with van der Waals surface area (Å²) in [5.41, 5.74) is 6.83. The molecule has 1 aromatic carbocycles. The molecule has 36 heavy (non-hydrogen) atoms. The number of aryl methyl sites for hydroxylation is 2. The number of amides is 2. The van der Waals surface area contributed by atoms with Crippen LogP contribution in [-0.4, -0.2) is 34.0 Å². The lowest BCUT2D eigenvalue weighted by atomic mass is 9.93. The van der Waals surface area contributed by atoms with Crippen LogP contribution in [0.3, 0.4) is 0 Å². The molecule has 3 aromatic rings. The van der Waals surface area contributed by atoms with Crippen molar-refractivity contribution in [3.8, 4) is 11.1 Å². The van der Waals surface area contributed by atoms with Crippen LogP contribution in [0.1, 0.15) is 46.7 Å². The molecule has 2 amide bonds. The largest absolute Gasteiger partial charge is 0.339 e. The minimum Gasteiger partial charge on any atom is -0.339 e. The molecular weight excluding hydrogens is 450 g/mol. The summed E-state index contributed by atoms with van der Waals surface area (Å²) in [5, 5.41) is 9.54. The Morgan fingerprint density at radius 3 is 2.56 bits per heavy atom. The first-order valence-electron chi connectivity index (χ1n) is 13.0. The molecular formula is C29H33N5O2. The molecule has 7 nitrogen and oxygen atoms in total. The molecule has 0 saturated heterocycles. The minimum absolute atomic E-state index is 0.136. The lowest BCUT2D eigenvalue weighted by Gasteiger charge is -2.26. The fourth-order valence-corrected chi connectivity index (χ4v) is 6.25. The number of nitrogens with zero attached hydrogens (tertiary/aromatic N) is 2. The lowest BCUT2D eigenvalue weighted by Crippen LogP contribution is -2.49. The molecule has 2 aromatic heterocycles. The highest BCUT2D eigenvalue weighted by Gasteiger charge is 2.49. The number of anilines is 1. The number of fused-ring (bicyclic) bond motifs is 2. The van der Waals surface area contributed by atoms with E-state index in [-0.39, 0.29) is 17.7 Å². The first-order valence-corrected chi connectivity index (χ1v) is 13.0. The molecule has 3 heterocycles. The quantitative estimate of drug-likeness (QED) is 0.494. The van der Waals surface area contributed by atoms with Gasteiger partial charge in [-0.1, -0.05) is 12.1 Å². The van der Waals surface area contributed by atoms with Crippen LogP contribution < -0.4 is 16.0 Å². The Morgan fingerprint density at radius 2 is 1.81 bits per heavy atom. The standard InChI is InChI=1S/C29H33N5O2/c1-17-9-10-31-18(2)26(17)19-3-5-23(6-4-19)32-29(36)27(22-14-20-13-21(20)15-22)33-28(35)25-8-7-24-16-30-11-12-34(24)25/h3-10,20-22,27,30H,11-16H2,1-2H3,(H,32,36)(H,33,35)/t20-,21+,22?,27?. The summed E-state index contributed by atoms with van der Waals surface area (Å²) in [5.74, 6) is 1.32. The highest BCUT2D eigenvalue weighted by molar-refractivity contribution is 6.01. The third-order valence-corrected chi connectivity index (χ3v) is 8.23. The third-order valence-electron chi connectivity index (χ3n) is 8.23. The van der Waals surface area contributed by atoms with Gasteiger partial charge >= 0.3 is 0 Å². The topological polar surface area (TPSA) is 88.1 Å². The Bertz CT molecular complexity index is 1280. The molecule has 1 aliphatic heterocycles. The van der Waals surface area contributed by atoms with E-state index < -0.39 is 6.04 Å². The zero-order valence-electron chi connectivity index (χ0n) is 20.9. The van der Waals surface area contributed by atoms with Crippen molar-refractivity contribution < 1.29 is 9.59 Å². The van der Waals surface area contributed by atoms with Crippen molar-refractivity contribution >= 4 is 17.5 Å². The van der Waals surface area contributed by atoms with Gasteiger partial charge in [-0.05, 0) is 92.3 Å². The molecule has 3 aliphatic rings. The molecule has 0 spiro atoms. The predicted molar refractivity (Wildman–Crippen MR) is 139 cm³/mol. The number of hydrogen-bond acceptors (Lipinski definition) is 4. The van der Waals surface area contributed by atoms with Crippen LogP contribution in [0.2, 0.25) is 0 Å². The highest BCUT2D eigenvalue weighted by Crippen LogP contribution is 2.55. The Hall–Kier alpha value is -3.45. The van der Waals surface area contributed by atoms with Gasteiger partial charge in [-0.2, -0.15) is 0 Å². The number of rotatable bonds is 6. The van der Waals surface area contributed by atoms with E-state index in [4.69, 9.17) is 0 Å². The fourth-order valence-electron chi connectivity index (χ4n) is 6.25. The van der Waals surface area contributed by atoms with E-state index in [0.29, 0.717) is 5.69 Å². The van der Waals surface area contributed by atoms with Crippen molar-refractivity contribution in [2.75, 3.05) is 11.9 Å².